The van der Waals surface area contributed by atoms with Crippen LogP contribution in [0.15, 0.2) is 0 Å². The van der Waals surface area contributed by atoms with Gasteiger partial charge >= 0.3 is 11.9 Å². The topological polar surface area (TPSA) is 657 Å². The van der Waals surface area contributed by atoms with Crippen molar-refractivity contribution in [3.05, 3.63) is 0 Å². The number of ether oxygens (including phenoxy) is 11. The van der Waals surface area contributed by atoms with Crippen molar-refractivity contribution < 1.29 is 183 Å². The Kier molecular flexibility index (Phi) is 26.6. The Bertz CT molecular complexity index is 2450. The summed E-state index contributed by atoms with van der Waals surface area (Å²) in [5.74, 6) is -13.9. The number of carboxylic acids is 2. The summed E-state index contributed by atoms with van der Waals surface area (Å²) in [5.41, 5.74) is 0. The number of rotatable bonds is 26. The predicted octanol–water partition coefficient (Wildman–Crippen LogP) is -15.1. The molecule has 4 amide bonds. The van der Waals surface area contributed by atoms with E-state index in [2.05, 4.69) is 21.3 Å². The Morgan fingerprint density at radius 3 is 1.29 bits per heavy atom. The molecule has 0 aromatic carbocycles. The summed E-state index contributed by atoms with van der Waals surface area (Å²) in [6, 6.07) is -7.15. The fourth-order valence-corrected chi connectivity index (χ4v) is 11.4. The quantitative estimate of drug-likeness (QED) is 0.0382. The molecule has 6 aliphatic heterocycles. The van der Waals surface area contributed by atoms with Crippen LogP contribution in [0.25, 0.3) is 0 Å². The second-order valence-electron chi connectivity index (χ2n) is 22.6. The van der Waals surface area contributed by atoms with Crippen molar-refractivity contribution >= 4 is 35.6 Å². The molecule has 6 heterocycles. The van der Waals surface area contributed by atoms with E-state index in [4.69, 9.17) is 52.1 Å². The minimum atomic E-state index is -3.24. The highest BCUT2D eigenvalue weighted by molar-refractivity contribution is 5.77. The lowest BCUT2D eigenvalue weighted by Gasteiger charge is -2.51. The number of hydrogen-bond acceptors (Lipinski definition) is 35. The van der Waals surface area contributed by atoms with E-state index in [1.54, 1.807) is 0 Å². The molecule has 41 nitrogen and oxygen atoms in total. The lowest BCUT2D eigenvalue weighted by Crippen LogP contribution is -2.71. The molecule has 6 saturated heterocycles. The molecular weight excluding hydrogens is 1250 g/mol. The molecule has 0 saturated carbocycles. The van der Waals surface area contributed by atoms with Crippen LogP contribution in [-0.2, 0) is 80.9 Å². The Morgan fingerprint density at radius 1 is 0.451 bits per heavy atom. The standard InChI is InChI=1S/C50H82N4O37/c1-13(60)51-25-17(64)5-49(47(77)78,89-39(25)29(68)19(66)7-55)81-12-24-33(72)38(28(43(76)82-24)54-16(4)63)87-45-35(74)41(31(70)21(9-57)83-45)88-44-27(53-15(3)62)34(73)37(23(11-59)85-44)86-46-36(75)42(32(71)22(10-58)84-46)91-50(48(79)80)6-18(65)26(52-14(2)61)40(90-50)30(69)20(67)8-56/h17-46,55-59,64-76H,5-12H2,1-4H3,(H,51,60)(H,52,61)(H,53,62)(H,54,63)(H,77,78)(H,79,80)/t17-,18-,19+,20+,21+,22+,23+,24+,25+,26+,27+,28+,29+,30+,31-,32-,33-,34+,35+,36+,37+,38+,39+,40+,41-,42-,43-,44+,45-,46-,49+,50-/m0/s1. The largest absolute Gasteiger partial charge is 0.477 e. The Labute approximate surface area is 514 Å². The number of carbonyl (C=O) groups is 6. The molecule has 6 rings (SSSR count). The minimum absolute atomic E-state index is 0.814. The van der Waals surface area contributed by atoms with E-state index in [9.17, 15) is 131 Å². The van der Waals surface area contributed by atoms with Gasteiger partial charge < -0.3 is 176 Å². The average molecular weight is 1330 g/mol. The lowest BCUT2D eigenvalue weighted by atomic mass is 9.88. The van der Waals surface area contributed by atoms with E-state index in [0.717, 1.165) is 27.7 Å². The molecular formula is C50H82N4O37. The minimum Gasteiger partial charge on any atom is -0.477 e. The van der Waals surface area contributed by atoms with E-state index in [0.29, 0.717) is 0 Å². The van der Waals surface area contributed by atoms with Gasteiger partial charge in [0.25, 0.3) is 11.6 Å². The van der Waals surface area contributed by atoms with Crippen LogP contribution in [0.3, 0.4) is 0 Å². The third kappa shape index (κ3) is 16.8. The molecule has 32 atom stereocenters. The molecule has 6 aliphatic rings. The molecule has 524 valence electrons. The first-order chi connectivity index (χ1) is 42.6. The highest BCUT2D eigenvalue weighted by Gasteiger charge is 2.62. The molecule has 41 heteroatoms. The van der Waals surface area contributed by atoms with Gasteiger partial charge in [0.2, 0.25) is 23.6 Å². The predicted molar refractivity (Wildman–Crippen MR) is 280 cm³/mol. The summed E-state index contributed by atoms with van der Waals surface area (Å²) < 4.78 is 63.0. The number of carbonyl (C=O) groups excluding carboxylic acids is 4. The summed E-state index contributed by atoms with van der Waals surface area (Å²) in [6.07, 6.45) is -58.0. The van der Waals surface area contributed by atoms with E-state index >= 15 is 0 Å². The van der Waals surface area contributed by atoms with Crippen molar-refractivity contribution in [2.45, 2.75) is 236 Å². The number of amides is 4. The van der Waals surface area contributed by atoms with Crippen molar-refractivity contribution in [2.75, 3.05) is 39.6 Å². The molecule has 0 radical (unpaired) electrons. The maximum Gasteiger partial charge on any atom is 0.364 e. The third-order valence-corrected chi connectivity index (χ3v) is 16.0. The molecule has 0 unspecified atom stereocenters. The van der Waals surface area contributed by atoms with Gasteiger partial charge in [-0.1, -0.05) is 0 Å². The van der Waals surface area contributed by atoms with Gasteiger partial charge in [0.15, 0.2) is 25.2 Å². The van der Waals surface area contributed by atoms with Crippen LogP contribution in [-0.4, -0.2) is 373 Å². The van der Waals surface area contributed by atoms with Crippen LogP contribution >= 0.6 is 0 Å². The zero-order chi connectivity index (χ0) is 68.0. The molecule has 0 aromatic heterocycles. The molecule has 0 spiro atoms. The second-order valence-corrected chi connectivity index (χ2v) is 22.6. The number of aliphatic hydroxyl groups is 18. The van der Waals surface area contributed by atoms with Gasteiger partial charge in [-0.25, -0.2) is 9.59 Å². The fraction of sp³-hybridized carbons (Fsp3) is 0.880. The number of aliphatic hydroxyl groups excluding tert-OH is 18. The lowest BCUT2D eigenvalue weighted by molar-refractivity contribution is -0.389. The number of aliphatic carboxylic acids is 2. The van der Waals surface area contributed by atoms with Gasteiger partial charge in [-0.05, 0) is 0 Å². The first kappa shape index (κ1) is 75.7. The van der Waals surface area contributed by atoms with Gasteiger partial charge in [0, 0.05) is 40.5 Å². The summed E-state index contributed by atoms with van der Waals surface area (Å²) >= 11 is 0. The zero-order valence-electron chi connectivity index (χ0n) is 48.9. The van der Waals surface area contributed by atoms with Crippen molar-refractivity contribution in [1.82, 2.24) is 21.3 Å². The van der Waals surface area contributed by atoms with Crippen molar-refractivity contribution in [3.8, 4) is 0 Å². The van der Waals surface area contributed by atoms with E-state index in [1.165, 1.54) is 0 Å². The van der Waals surface area contributed by atoms with Crippen molar-refractivity contribution in [2.24, 2.45) is 0 Å². The molecule has 6 fully saturated rings. The van der Waals surface area contributed by atoms with Crippen LogP contribution in [0.2, 0.25) is 0 Å². The van der Waals surface area contributed by atoms with Crippen LogP contribution in [0.5, 0.6) is 0 Å². The summed E-state index contributed by atoms with van der Waals surface area (Å²) in [5, 5.41) is 227. The number of carboxylic acid groups (broad SMARTS) is 2. The van der Waals surface area contributed by atoms with E-state index in [1.807, 2.05) is 0 Å². The zero-order valence-corrected chi connectivity index (χ0v) is 48.9. The maximum absolute atomic E-state index is 13.1. The fourth-order valence-electron chi connectivity index (χ4n) is 11.4. The van der Waals surface area contributed by atoms with Gasteiger partial charge in [0.1, 0.15) is 134 Å². The first-order valence-corrected chi connectivity index (χ1v) is 28.3. The first-order valence-electron chi connectivity index (χ1n) is 28.3. The van der Waals surface area contributed by atoms with Gasteiger partial charge in [-0.15, -0.1) is 0 Å². The number of nitrogens with one attached hydrogen (secondary N) is 4. The van der Waals surface area contributed by atoms with Gasteiger partial charge in [0.05, 0.1) is 63.9 Å². The van der Waals surface area contributed by atoms with Crippen LogP contribution in [0, 0.1) is 0 Å². The second kappa shape index (κ2) is 31.9. The van der Waals surface area contributed by atoms with Gasteiger partial charge in [-0.3, -0.25) is 19.2 Å². The van der Waals surface area contributed by atoms with E-state index < -0.39 is 283 Å². The molecule has 0 aliphatic carbocycles. The average Bonchev–Trinajstić information content (AvgIpc) is 0.778. The summed E-state index contributed by atoms with van der Waals surface area (Å²) in [6.45, 7) is -3.12. The molecule has 24 N–H and O–H groups in total. The third-order valence-electron chi connectivity index (χ3n) is 16.0. The van der Waals surface area contributed by atoms with Crippen LogP contribution in [0.4, 0.5) is 0 Å². The smallest absolute Gasteiger partial charge is 0.364 e. The van der Waals surface area contributed by atoms with E-state index in [-0.39, 0.29) is 0 Å². The SMILES string of the molecule is CC(=O)N[C@@H]1[C@@H](O[C@@H]2O[C@H](CO)[C@H](O)[C@H](O[C@H]3O[C@H](CO)[C@@H](O[C@@H]4O[C@H](CO)[C@H](O)[C@H](O[C@]5(C(=O)O)C[C@H](O)[C@@H](NC(C)=O)[C@H]([C@H](O)[C@H](O)CO)O5)[C@H]4O)[C@H](O)[C@H]3NC(C)=O)[C@H]2O)[C@@H](O)[C@@H](CO[C@]2(C(=O)O)C[C@H](O)[C@@H](NC(C)=O)[C@H]([C@H](O)[C@H](O)CO)O2)O[C@@H]1O. The van der Waals surface area contributed by atoms with Crippen molar-refractivity contribution in [3.63, 3.8) is 0 Å². The summed E-state index contributed by atoms with van der Waals surface area (Å²) in [7, 11) is 0. The van der Waals surface area contributed by atoms with Crippen LogP contribution in [0.1, 0.15) is 40.5 Å². The maximum atomic E-state index is 13.1. The molecule has 0 bridgehead atoms. The molecule has 91 heavy (non-hydrogen) atoms. The highest BCUT2D eigenvalue weighted by atomic mass is 16.8. The molecule has 0 aromatic rings. The summed E-state index contributed by atoms with van der Waals surface area (Å²) in [4.78, 5) is 75.4. The Morgan fingerprint density at radius 2 is 0.835 bits per heavy atom. The van der Waals surface area contributed by atoms with Crippen molar-refractivity contribution in [1.29, 1.82) is 0 Å². The Hall–Kier alpha value is -4.34. The van der Waals surface area contributed by atoms with Crippen LogP contribution < -0.4 is 21.3 Å². The highest BCUT2D eigenvalue weighted by Crippen LogP contribution is 2.41. The van der Waals surface area contributed by atoms with Gasteiger partial charge in [-0.2, -0.15) is 0 Å². The normalized spacial score (nSPS) is 43.5. The Balaban J connectivity index is 1.25. The monoisotopic (exact) mass is 1330 g/mol. The number of hydrogen-bond donors (Lipinski definition) is 24.